The summed E-state index contributed by atoms with van der Waals surface area (Å²) in [6.45, 7) is 2.75. The Morgan fingerprint density at radius 1 is 1.59 bits per heavy atom. The molecule has 0 unspecified atom stereocenters. The summed E-state index contributed by atoms with van der Waals surface area (Å²) in [5.74, 6) is -0.112. The summed E-state index contributed by atoms with van der Waals surface area (Å²) in [4.78, 5) is 22.9. The van der Waals surface area contributed by atoms with E-state index < -0.39 is 0 Å². The van der Waals surface area contributed by atoms with Crippen LogP contribution in [0.15, 0.2) is 15.5 Å². The van der Waals surface area contributed by atoms with Crippen molar-refractivity contribution in [1.29, 1.82) is 0 Å². The number of hydrogen-bond donors (Lipinski definition) is 2. The lowest BCUT2D eigenvalue weighted by atomic mass is 10.4. The van der Waals surface area contributed by atoms with E-state index in [1.165, 1.54) is 10.9 Å². The Bertz CT molecular complexity index is 458. The second kappa shape index (κ2) is 6.39. The molecule has 0 bridgehead atoms. The van der Waals surface area contributed by atoms with Crippen LogP contribution in [0.25, 0.3) is 0 Å². The normalized spacial score (nSPS) is 10.1. The minimum Gasteiger partial charge on any atom is -0.374 e. The second-order valence-electron chi connectivity index (χ2n) is 3.50. The lowest BCUT2D eigenvalue weighted by Crippen LogP contribution is -2.31. The van der Waals surface area contributed by atoms with E-state index >= 15 is 0 Å². The fourth-order valence-corrected chi connectivity index (χ4v) is 1.64. The molecule has 1 aromatic heterocycles. The van der Waals surface area contributed by atoms with Crippen molar-refractivity contribution in [2.45, 2.75) is 13.3 Å². The Hall–Kier alpha value is -1.37. The molecule has 0 aliphatic heterocycles. The van der Waals surface area contributed by atoms with Gasteiger partial charge in [-0.3, -0.25) is 9.59 Å². The Balaban J connectivity index is 2.61. The number of rotatable bonds is 5. The van der Waals surface area contributed by atoms with Gasteiger partial charge in [0.1, 0.15) is 4.47 Å². The third kappa shape index (κ3) is 3.85. The van der Waals surface area contributed by atoms with E-state index in [4.69, 9.17) is 0 Å². The highest BCUT2D eigenvalue weighted by atomic mass is 79.9. The van der Waals surface area contributed by atoms with Crippen LogP contribution in [0.5, 0.6) is 0 Å². The van der Waals surface area contributed by atoms with Crippen LogP contribution in [0.4, 0.5) is 5.69 Å². The quantitative estimate of drug-likeness (QED) is 0.829. The molecule has 0 aliphatic carbocycles. The first-order valence-electron chi connectivity index (χ1n) is 5.28. The van der Waals surface area contributed by atoms with E-state index in [9.17, 15) is 9.59 Å². The van der Waals surface area contributed by atoms with Gasteiger partial charge in [0.05, 0.1) is 18.4 Å². The zero-order valence-electron chi connectivity index (χ0n) is 9.79. The molecule has 1 rings (SSSR count). The minimum atomic E-state index is -0.246. The first-order chi connectivity index (χ1) is 8.06. The van der Waals surface area contributed by atoms with Gasteiger partial charge >= 0.3 is 0 Å². The van der Waals surface area contributed by atoms with Crippen molar-refractivity contribution < 1.29 is 4.79 Å². The first-order valence-corrected chi connectivity index (χ1v) is 6.08. The van der Waals surface area contributed by atoms with E-state index in [1.807, 2.05) is 6.92 Å². The highest BCUT2D eigenvalue weighted by Gasteiger charge is 2.07. The molecule has 0 atom stereocenters. The third-order valence-corrected chi connectivity index (χ3v) is 2.86. The van der Waals surface area contributed by atoms with Gasteiger partial charge in [-0.15, -0.1) is 0 Å². The largest absolute Gasteiger partial charge is 0.374 e. The number of nitrogens with zero attached hydrogens (tertiary/aromatic N) is 2. The lowest BCUT2D eigenvalue weighted by molar-refractivity contribution is -0.119. The molecule has 0 fully saturated rings. The molecule has 94 valence electrons. The third-order valence-electron chi connectivity index (χ3n) is 2.09. The van der Waals surface area contributed by atoms with E-state index in [0.717, 1.165) is 6.42 Å². The number of carbonyl (C=O) groups excluding carboxylic acids is 1. The van der Waals surface area contributed by atoms with Crippen molar-refractivity contribution in [3.05, 3.63) is 21.0 Å². The van der Waals surface area contributed by atoms with Crippen LogP contribution in [-0.4, -0.2) is 28.8 Å². The topological polar surface area (TPSA) is 76.0 Å². The van der Waals surface area contributed by atoms with Crippen LogP contribution in [0.1, 0.15) is 13.3 Å². The Kier molecular flexibility index (Phi) is 5.14. The SMILES string of the molecule is CCCNC(=O)CNc1cnn(C)c(=O)c1Br. The smallest absolute Gasteiger partial charge is 0.282 e. The number of carbonyl (C=O) groups is 1. The van der Waals surface area contributed by atoms with E-state index in [1.54, 1.807) is 7.05 Å². The number of anilines is 1. The van der Waals surface area contributed by atoms with Crippen molar-refractivity contribution in [1.82, 2.24) is 15.1 Å². The summed E-state index contributed by atoms with van der Waals surface area (Å²) >= 11 is 3.17. The van der Waals surface area contributed by atoms with Crippen LogP contribution in [0.3, 0.4) is 0 Å². The lowest BCUT2D eigenvalue weighted by Gasteiger charge is -2.08. The second-order valence-corrected chi connectivity index (χ2v) is 4.30. The zero-order chi connectivity index (χ0) is 12.8. The molecule has 0 saturated carbocycles. The molecule has 2 N–H and O–H groups in total. The van der Waals surface area contributed by atoms with Crippen LogP contribution >= 0.6 is 15.9 Å². The highest BCUT2D eigenvalue weighted by Crippen LogP contribution is 2.14. The summed E-state index contributed by atoms with van der Waals surface area (Å²) in [7, 11) is 1.56. The van der Waals surface area contributed by atoms with Crippen LogP contribution in [-0.2, 0) is 11.8 Å². The molecule has 0 aromatic carbocycles. The monoisotopic (exact) mass is 302 g/mol. The summed E-state index contributed by atoms with van der Waals surface area (Å²) in [5.41, 5.74) is 0.267. The van der Waals surface area contributed by atoms with Crippen LogP contribution in [0, 0.1) is 0 Å². The van der Waals surface area contributed by atoms with Gasteiger partial charge in [0.25, 0.3) is 5.56 Å². The molecule has 0 saturated heterocycles. The molecule has 1 amide bonds. The maximum absolute atomic E-state index is 11.5. The molecule has 17 heavy (non-hydrogen) atoms. The fourth-order valence-electron chi connectivity index (χ4n) is 1.14. The average Bonchev–Trinajstić information content (AvgIpc) is 2.32. The summed E-state index contributed by atoms with van der Waals surface area (Å²) < 4.78 is 1.59. The number of nitrogens with one attached hydrogen (secondary N) is 2. The molecule has 0 radical (unpaired) electrons. The van der Waals surface area contributed by atoms with Crippen molar-refractivity contribution in [3.8, 4) is 0 Å². The van der Waals surface area contributed by atoms with Gasteiger partial charge in [0.2, 0.25) is 5.91 Å². The molecule has 1 aromatic rings. The molecular formula is C10H15BrN4O2. The van der Waals surface area contributed by atoms with Crippen LogP contribution < -0.4 is 16.2 Å². The summed E-state index contributed by atoms with van der Waals surface area (Å²) in [6.07, 6.45) is 2.39. The molecule has 7 heteroatoms. The molecule has 0 spiro atoms. The summed E-state index contributed by atoms with van der Waals surface area (Å²) in [5, 5.41) is 9.44. The summed E-state index contributed by atoms with van der Waals surface area (Å²) in [6, 6.07) is 0. The molecular weight excluding hydrogens is 288 g/mol. The number of aromatic nitrogens is 2. The van der Waals surface area contributed by atoms with Gasteiger partial charge < -0.3 is 10.6 Å². The fraction of sp³-hybridized carbons (Fsp3) is 0.500. The van der Waals surface area contributed by atoms with E-state index in [-0.39, 0.29) is 18.0 Å². The molecule has 6 nitrogen and oxygen atoms in total. The number of hydrogen-bond acceptors (Lipinski definition) is 4. The van der Waals surface area contributed by atoms with Crippen LogP contribution in [0.2, 0.25) is 0 Å². The van der Waals surface area contributed by atoms with Crippen molar-refractivity contribution >= 4 is 27.5 Å². The van der Waals surface area contributed by atoms with Crippen molar-refractivity contribution in [2.75, 3.05) is 18.4 Å². The van der Waals surface area contributed by atoms with Gasteiger partial charge in [-0.25, -0.2) is 4.68 Å². The maximum atomic E-state index is 11.5. The predicted molar refractivity (Wildman–Crippen MR) is 69.0 cm³/mol. The van der Waals surface area contributed by atoms with Gasteiger partial charge in [-0.2, -0.15) is 5.10 Å². The Labute approximate surface area is 108 Å². The van der Waals surface area contributed by atoms with E-state index in [2.05, 4.69) is 31.7 Å². The Morgan fingerprint density at radius 2 is 2.29 bits per heavy atom. The first kappa shape index (κ1) is 13.7. The van der Waals surface area contributed by atoms with Gasteiger partial charge in [0, 0.05) is 13.6 Å². The molecule has 0 aliphatic rings. The van der Waals surface area contributed by atoms with Gasteiger partial charge in [-0.05, 0) is 22.4 Å². The van der Waals surface area contributed by atoms with Gasteiger partial charge in [0.15, 0.2) is 0 Å². The van der Waals surface area contributed by atoms with E-state index in [0.29, 0.717) is 16.7 Å². The maximum Gasteiger partial charge on any atom is 0.282 e. The number of amides is 1. The van der Waals surface area contributed by atoms with Crippen molar-refractivity contribution in [3.63, 3.8) is 0 Å². The number of halogens is 1. The number of aryl methyl sites for hydroxylation is 1. The molecule has 1 heterocycles. The minimum absolute atomic E-state index is 0.112. The zero-order valence-corrected chi connectivity index (χ0v) is 11.4. The van der Waals surface area contributed by atoms with Gasteiger partial charge in [-0.1, -0.05) is 6.92 Å². The standard InChI is InChI=1S/C10H15BrN4O2/c1-3-4-12-8(16)6-13-7-5-14-15(2)10(17)9(7)11/h5,13H,3-4,6H2,1-2H3,(H,12,16). The average molecular weight is 303 g/mol. The van der Waals surface area contributed by atoms with Crippen molar-refractivity contribution in [2.24, 2.45) is 7.05 Å². The Morgan fingerprint density at radius 3 is 2.94 bits per heavy atom. The predicted octanol–water partition coefficient (Wildman–Crippen LogP) is 0.481. The highest BCUT2D eigenvalue weighted by molar-refractivity contribution is 9.10.